The van der Waals surface area contributed by atoms with Gasteiger partial charge in [0.25, 0.3) is 0 Å². The number of carbonyl (C=O) groups is 2. The Kier molecular flexibility index (Phi) is 6.11. The molecule has 0 radical (unpaired) electrons. The second-order valence-corrected chi connectivity index (χ2v) is 6.95. The van der Waals surface area contributed by atoms with E-state index in [0.29, 0.717) is 22.4 Å². The lowest BCUT2D eigenvalue weighted by Gasteiger charge is -2.05. The topological polar surface area (TPSA) is 96.0 Å². The smallest absolute Gasteiger partial charge is 0.325 e. The molecule has 2 aromatic carbocycles. The molecule has 3 amide bonds. The third-order valence-electron chi connectivity index (χ3n) is 3.64. The molecular weight excluding hydrogens is 362 g/mol. The normalized spacial score (nSPS) is 10.3. The van der Waals surface area contributed by atoms with Crippen LogP contribution in [0.2, 0.25) is 0 Å². The number of carbonyl (C=O) groups excluding carboxylic acids is 2. The van der Waals surface area contributed by atoms with Crippen molar-refractivity contribution >= 4 is 34.1 Å². The molecule has 0 fully saturated rings. The fraction of sp³-hybridized carbons (Fsp3) is 0.158. The maximum absolute atomic E-state index is 12.0. The van der Waals surface area contributed by atoms with Crippen LogP contribution in [0.3, 0.4) is 0 Å². The molecule has 0 aliphatic heterocycles. The van der Waals surface area contributed by atoms with Crippen molar-refractivity contribution in [3.05, 3.63) is 70.7 Å². The Balaban J connectivity index is 1.46. The lowest BCUT2D eigenvalue weighted by molar-refractivity contribution is -0.120. The standard InChI is InChI=1S/C19H19N5O2S/c1-13-7-9-15(10-8-13)21-18(26)22-19-24-23-17(27-19)11-16(25)20-12-14-5-3-2-4-6-14/h2-10H,11-12H2,1H3,(H,20,25)(H2,21,22,24,26). The molecule has 0 aliphatic rings. The van der Waals surface area contributed by atoms with Gasteiger partial charge in [-0.1, -0.05) is 59.4 Å². The van der Waals surface area contributed by atoms with E-state index in [1.54, 1.807) is 0 Å². The highest BCUT2D eigenvalue weighted by atomic mass is 32.1. The summed E-state index contributed by atoms with van der Waals surface area (Å²) >= 11 is 1.17. The van der Waals surface area contributed by atoms with Gasteiger partial charge in [0.1, 0.15) is 5.01 Å². The van der Waals surface area contributed by atoms with Gasteiger partial charge < -0.3 is 10.6 Å². The summed E-state index contributed by atoms with van der Waals surface area (Å²) in [6, 6.07) is 16.7. The fourth-order valence-corrected chi connectivity index (χ4v) is 3.00. The highest BCUT2D eigenvalue weighted by Crippen LogP contribution is 2.16. The number of hydrogen-bond acceptors (Lipinski definition) is 5. The Labute approximate surface area is 160 Å². The minimum atomic E-state index is -0.407. The van der Waals surface area contributed by atoms with Crippen LogP contribution in [0, 0.1) is 6.92 Å². The van der Waals surface area contributed by atoms with E-state index in [-0.39, 0.29) is 12.3 Å². The van der Waals surface area contributed by atoms with E-state index in [9.17, 15) is 9.59 Å². The first-order valence-corrected chi connectivity index (χ1v) is 9.18. The Morgan fingerprint density at radius 1 is 0.963 bits per heavy atom. The summed E-state index contributed by atoms with van der Waals surface area (Å²) in [5.41, 5.74) is 2.82. The van der Waals surface area contributed by atoms with Crippen LogP contribution in [-0.4, -0.2) is 22.1 Å². The zero-order valence-corrected chi connectivity index (χ0v) is 15.5. The molecule has 0 saturated heterocycles. The molecule has 138 valence electrons. The van der Waals surface area contributed by atoms with E-state index >= 15 is 0 Å². The SMILES string of the molecule is Cc1ccc(NC(=O)Nc2nnc(CC(=O)NCc3ccccc3)s2)cc1. The van der Waals surface area contributed by atoms with Crippen molar-refractivity contribution in [2.75, 3.05) is 10.6 Å². The van der Waals surface area contributed by atoms with Gasteiger partial charge in [0.05, 0.1) is 6.42 Å². The number of anilines is 2. The van der Waals surface area contributed by atoms with Crippen molar-refractivity contribution in [2.24, 2.45) is 0 Å². The minimum Gasteiger partial charge on any atom is -0.352 e. The van der Waals surface area contributed by atoms with Crippen LogP contribution >= 0.6 is 11.3 Å². The second kappa shape index (κ2) is 8.91. The predicted octanol–water partition coefficient (Wildman–Crippen LogP) is 3.35. The van der Waals surface area contributed by atoms with E-state index in [1.165, 1.54) is 11.3 Å². The summed E-state index contributed by atoms with van der Waals surface area (Å²) < 4.78 is 0. The molecule has 27 heavy (non-hydrogen) atoms. The van der Waals surface area contributed by atoms with Crippen molar-refractivity contribution < 1.29 is 9.59 Å². The maximum Gasteiger partial charge on any atom is 0.325 e. The van der Waals surface area contributed by atoms with Gasteiger partial charge in [-0.25, -0.2) is 4.79 Å². The number of urea groups is 1. The van der Waals surface area contributed by atoms with Crippen molar-refractivity contribution in [1.82, 2.24) is 15.5 Å². The first-order valence-electron chi connectivity index (χ1n) is 8.36. The molecule has 0 bridgehead atoms. The Bertz CT molecular complexity index is 909. The molecule has 3 rings (SSSR count). The molecule has 0 aliphatic carbocycles. The number of benzene rings is 2. The fourth-order valence-electron chi connectivity index (χ4n) is 2.27. The van der Waals surface area contributed by atoms with Crippen LogP contribution in [0.15, 0.2) is 54.6 Å². The van der Waals surface area contributed by atoms with E-state index < -0.39 is 6.03 Å². The number of nitrogens with one attached hydrogen (secondary N) is 3. The van der Waals surface area contributed by atoms with E-state index in [2.05, 4.69) is 26.1 Å². The number of rotatable bonds is 6. The highest BCUT2D eigenvalue weighted by Gasteiger charge is 2.11. The molecule has 3 aromatic rings. The molecule has 7 nitrogen and oxygen atoms in total. The Morgan fingerprint density at radius 2 is 1.70 bits per heavy atom. The molecule has 1 heterocycles. The molecule has 0 saturated carbocycles. The number of hydrogen-bond donors (Lipinski definition) is 3. The summed E-state index contributed by atoms with van der Waals surface area (Å²) in [5.74, 6) is -0.148. The number of nitrogens with zero attached hydrogens (tertiary/aromatic N) is 2. The van der Waals surface area contributed by atoms with Gasteiger partial charge in [-0.2, -0.15) is 0 Å². The van der Waals surface area contributed by atoms with Crippen LogP contribution in [0.5, 0.6) is 0 Å². The van der Waals surface area contributed by atoms with Gasteiger partial charge in [0.15, 0.2) is 0 Å². The van der Waals surface area contributed by atoms with Crippen molar-refractivity contribution in [3.63, 3.8) is 0 Å². The van der Waals surface area contributed by atoms with Crippen molar-refractivity contribution in [3.8, 4) is 0 Å². The molecule has 0 atom stereocenters. The molecular formula is C19H19N5O2S. The quantitative estimate of drug-likeness (QED) is 0.610. The van der Waals surface area contributed by atoms with Crippen molar-refractivity contribution in [2.45, 2.75) is 19.9 Å². The van der Waals surface area contributed by atoms with E-state index in [4.69, 9.17) is 0 Å². The van der Waals surface area contributed by atoms with E-state index in [0.717, 1.165) is 11.1 Å². The van der Waals surface area contributed by atoms with Gasteiger partial charge in [-0.3, -0.25) is 10.1 Å². The lowest BCUT2D eigenvalue weighted by atomic mass is 10.2. The largest absolute Gasteiger partial charge is 0.352 e. The molecule has 0 spiro atoms. The zero-order chi connectivity index (χ0) is 19.1. The van der Waals surface area contributed by atoms with Gasteiger partial charge in [0.2, 0.25) is 11.0 Å². The summed E-state index contributed by atoms with van der Waals surface area (Å²) in [7, 11) is 0. The third kappa shape index (κ3) is 5.89. The van der Waals surface area contributed by atoms with Crippen LogP contribution < -0.4 is 16.0 Å². The number of aromatic nitrogens is 2. The maximum atomic E-state index is 12.0. The number of aryl methyl sites for hydroxylation is 1. The van der Waals surface area contributed by atoms with Gasteiger partial charge in [-0.05, 0) is 24.6 Å². The molecule has 0 unspecified atom stereocenters. The summed E-state index contributed by atoms with van der Waals surface area (Å²) in [6.45, 7) is 2.44. The third-order valence-corrected chi connectivity index (χ3v) is 4.48. The van der Waals surface area contributed by atoms with Gasteiger partial charge >= 0.3 is 6.03 Å². The first kappa shape index (κ1) is 18.5. The summed E-state index contributed by atoms with van der Waals surface area (Å²) in [6.07, 6.45) is 0.117. The second-order valence-electron chi connectivity index (χ2n) is 5.89. The van der Waals surface area contributed by atoms with Gasteiger partial charge in [0, 0.05) is 12.2 Å². The first-order chi connectivity index (χ1) is 13.1. The predicted molar refractivity (Wildman–Crippen MR) is 106 cm³/mol. The minimum absolute atomic E-state index is 0.117. The van der Waals surface area contributed by atoms with Crippen LogP contribution in [0.1, 0.15) is 16.1 Å². The lowest BCUT2D eigenvalue weighted by Crippen LogP contribution is -2.24. The van der Waals surface area contributed by atoms with Crippen molar-refractivity contribution in [1.29, 1.82) is 0 Å². The summed E-state index contributed by atoms with van der Waals surface area (Å²) in [4.78, 5) is 24.0. The zero-order valence-electron chi connectivity index (χ0n) is 14.7. The average molecular weight is 381 g/mol. The molecule has 1 aromatic heterocycles. The van der Waals surface area contributed by atoms with Crippen LogP contribution in [0.25, 0.3) is 0 Å². The highest BCUT2D eigenvalue weighted by molar-refractivity contribution is 7.15. The van der Waals surface area contributed by atoms with Gasteiger partial charge in [-0.15, -0.1) is 10.2 Å². The average Bonchev–Trinajstić information content (AvgIpc) is 3.09. The molecule has 8 heteroatoms. The Hall–Kier alpha value is -3.26. The monoisotopic (exact) mass is 381 g/mol. The number of amides is 3. The summed E-state index contributed by atoms with van der Waals surface area (Å²) in [5, 5.41) is 16.9. The van der Waals surface area contributed by atoms with E-state index in [1.807, 2.05) is 61.5 Å². The molecule has 3 N–H and O–H groups in total. The Morgan fingerprint density at radius 3 is 2.44 bits per heavy atom. The van der Waals surface area contributed by atoms with Crippen LogP contribution in [-0.2, 0) is 17.8 Å². The van der Waals surface area contributed by atoms with Crippen LogP contribution in [0.4, 0.5) is 15.6 Å².